The Labute approximate surface area is 164 Å². The monoisotopic (exact) mass is 379 g/mol. The molecular formula is C21H37N3O3. The molecule has 27 heavy (non-hydrogen) atoms. The van der Waals surface area contributed by atoms with Crippen LogP contribution in [0.4, 0.5) is 0 Å². The van der Waals surface area contributed by atoms with E-state index in [1.165, 1.54) is 19.3 Å². The number of carbonyl (C=O) groups excluding carboxylic acids is 2. The molecule has 3 saturated heterocycles. The Bertz CT molecular complexity index is 477. The van der Waals surface area contributed by atoms with Gasteiger partial charge in [-0.25, -0.2) is 0 Å². The van der Waals surface area contributed by atoms with E-state index in [-0.39, 0.29) is 17.9 Å². The lowest BCUT2D eigenvalue weighted by Crippen LogP contribution is -2.47. The van der Waals surface area contributed by atoms with Gasteiger partial charge in [0.2, 0.25) is 11.8 Å². The van der Waals surface area contributed by atoms with E-state index >= 15 is 0 Å². The first-order valence-electron chi connectivity index (χ1n) is 11.0. The second-order valence-corrected chi connectivity index (χ2v) is 8.58. The second-order valence-electron chi connectivity index (χ2n) is 8.58. The smallest absolute Gasteiger partial charge is 0.236 e. The lowest BCUT2D eigenvalue weighted by Gasteiger charge is -2.35. The van der Waals surface area contributed by atoms with Gasteiger partial charge in [0.1, 0.15) is 0 Å². The van der Waals surface area contributed by atoms with Crippen molar-refractivity contribution in [3.8, 4) is 0 Å². The molecule has 0 spiro atoms. The quantitative estimate of drug-likeness (QED) is 0.734. The summed E-state index contributed by atoms with van der Waals surface area (Å²) in [4.78, 5) is 31.5. The van der Waals surface area contributed by atoms with Gasteiger partial charge in [0.25, 0.3) is 0 Å². The fourth-order valence-corrected chi connectivity index (χ4v) is 4.62. The topological polar surface area (TPSA) is 53.1 Å². The number of hydrogen-bond donors (Lipinski definition) is 0. The van der Waals surface area contributed by atoms with Crippen LogP contribution in [0.25, 0.3) is 0 Å². The molecule has 0 saturated carbocycles. The zero-order valence-corrected chi connectivity index (χ0v) is 17.0. The molecule has 0 N–H and O–H groups in total. The summed E-state index contributed by atoms with van der Waals surface area (Å²) in [5.74, 6) is 0.630. The Balaban J connectivity index is 1.38. The molecule has 0 radical (unpaired) electrons. The molecule has 3 fully saturated rings. The molecule has 0 aliphatic carbocycles. The normalized spacial score (nSPS) is 25.5. The van der Waals surface area contributed by atoms with Gasteiger partial charge in [-0.05, 0) is 52.0 Å². The highest BCUT2D eigenvalue weighted by atomic mass is 16.5. The maximum atomic E-state index is 12.8. The van der Waals surface area contributed by atoms with Gasteiger partial charge in [0.15, 0.2) is 0 Å². The van der Waals surface area contributed by atoms with Gasteiger partial charge in [0, 0.05) is 45.2 Å². The van der Waals surface area contributed by atoms with Crippen molar-refractivity contribution in [2.75, 3.05) is 52.9 Å². The van der Waals surface area contributed by atoms with Gasteiger partial charge in [-0.1, -0.05) is 12.8 Å². The van der Waals surface area contributed by atoms with Crippen LogP contribution >= 0.6 is 0 Å². The van der Waals surface area contributed by atoms with E-state index in [0.29, 0.717) is 12.5 Å². The molecule has 0 aromatic rings. The number of amides is 2. The first-order chi connectivity index (χ1) is 13.1. The predicted octanol–water partition coefficient (Wildman–Crippen LogP) is 2.13. The average Bonchev–Trinajstić information content (AvgIpc) is 2.97. The van der Waals surface area contributed by atoms with Crippen molar-refractivity contribution >= 4 is 11.8 Å². The minimum atomic E-state index is 0.112. The largest absolute Gasteiger partial charge is 0.377 e. The summed E-state index contributed by atoms with van der Waals surface area (Å²) in [5, 5.41) is 0. The maximum absolute atomic E-state index is 12.8. The zero-order chi connectivity index (χ0) is 19.1. The van der Waals surface area contributed by atoms with Crippen LogP contribution in [-0.4, -0.2) is 85.5 Å². The van der Waals surface area contributed by atoms with Crippen molar-refractivity contribution in [3.05, 3.63) is 0 Å². The number of carbonyl (C=O) groups is 2. The molecule has 3 heterocycles. The molecule has 3 rings (SSSR count). The first kappa shape index (κ1) is 20.6. The third kappa shape index (κ3) is 6.18. The number of likely N-dealkylation sites (tertiary alicyclic amines) is 2. The summed E-state index contributed by atoms with van der Waals surface area (Å²) < 4.78 is 5.77. The number of ether oxygens (including phenoxy) is 1. The number of rotatable bonds is 5. The third-order valence-corrected chi connectivity index (χ3v) is 6.31. The van der Waals surface area contributed by atoms with Crippen LogP contribution < -0.4 is 0 Å². The highest BCUT2D eigenvalue weighted by Gasteiger charge is 2.30. The molecule has 0 aromatic carbocycles. The van der Waals surface area contributed by atoms with Gasteiger partial charge in [-0.15, -0.1) is 0 Å². The standard InChI is InChI=1S/C21H37N3O3/c1-22(16-19-8-4-7-15-27-19)17-20(25)23-13-9-18(10-14-23)21(26)24-11-5-2-3-6-12-24/h18-19H,2-17H2,1H3. The molecule has 3 aliphatic rings. The molecular weight excluding hydrogens is 342 g/mol. The van der Waals surface area contributed by atoms with E-state index in [9.17, 15) is 9.59 Å². The fraction of sp³-hybridized carbons (Fsp3) is 0.905. The van der Waals surface area contributed by atoms with Crippen molar-refractivity contribution < 1.29 is 14.3 Å². The Kier molecular flexibility index (Phi) is 7.94. The molecule has 0 aromatic heterocycles. The summed E-state index contributed by atoms with van der Waals surface area (Å²) in [5.41, 5.74) is 0. The number of nitrogens with zero attached hydrogens (tertiary/aromatic N) is 3. The van der Waals surface area contributed by atoms with E-state index in [4.69, 9.17) is 4.74 Å². The Morgan fingerprint density at radius 1 is 0.889 bits per heavy atom. The highest BCUT2D eigenvalue weighted by molar-refractivity contribution is 5.81. The summed E-state index contributed by atoms with van der Waals surface area (Å²) in [6.45, 7) is 5.41. The molecule has 0 bridgehead atoms. The first-order valence-corrected chi connectivity index (χ1v) is 11.0. The summed E-state index contributed by atoms with van der Waals surface area (Å²) in [7, 11) is 2.01. The summed E-state index contributed by atoms with van der Waals surface area (Å²) >= 11 is 0. The number of piperidine rings is 1. The van der Waals surface area contributed by atoms with Crippen molar-refractivity contribution in [3.63, 3.8) is 0 Å². The number of hydrogen-bond acceptors (Lipinski definition) is 4. The van der Waals surface area contributed by atoms with Gasteiger partial charge in [0.05, 0.1) is 12.6 Å². The van der Waals surface area contributed by atoms with E-state index < -0.39 is 0 Å². The molecule has 1 unspecified atom stereocenters. The van der Waals surface area contributed by atoms with Crippen LogP contribution in [0.1, 0.15) is 57.8 Å². The fourth-order valence-electron chi connectivity index (χ4n) is 4.62. The van der Waals surface area contributed by atoms with Crippen LogP contribution in [-0.2, 0) is 14.3 Å². The summed E-state index contributed by atoms with van der Waals surface area (Å²) in [6.07, 6.45) is 10.2. The molecule has 1 atom stereocenters. The SMILES string of the molecule is CN(CC(=O)N1CCC(C(=O)N2CCCCCC2)CC1)CC1CCCCO1. The predicted molar refractivity (Wildman–Crippen MR) is 105 cm³/mol. The minimum Gasteiger partial charge on any atom is -0.377 e. The molecule has 6 nitrogen and oxygen atoms in total. The van der Waals surface area contributed by atoms with Crippen LogP contribution in [0.15, 0.2) is 0 Å². The molecule has 3 aliphatic heterocycles. The van der Waals surface area contributed by atoms with E-state index in [2.05, 4.69) is 9.80 Å². The molecule has 2 amide bonds. The van der Waals surface area contributed by atoms with Crippen LogP contribution in [0.2, 0.25) is 0 Å². The van der Waals surface area contributed by atoms with E-state index in [1.807, 2.05) is 11.9 Å². The highest BCUT2D eigenvalue weighted by Crippen LogP contribution is 2.22. The van der Waals surface area contributed by atoms with E-state index in [1.54, 1.807) is 0 Å². The Morgan fingerprint density at radius 2 is 1.59 bits per heavy atom. The van der Waals surface area contributed by atoms with Crippen molar-refractivity contribution in [1.29, 1.82) is 0 Å². The van der Waals surface area contributed by atoms with Crippen molar-refractivity contribution in [2.45, 2.75) is 63.9 Å². The Morgan fingerprint density at radius 3 is 2.22 bits per heavy atom. The van der Waals surface area contributed by atoms with Gasteiger partial charge in [-0.3, -0.25) is 14.5 Å². The summed E-state index contributed by atoms with van der Waals surface area (Å²) in [6, 6.07) is 0. The maximum Gasteiger partial charge on any atom is 0.236 e. The van der Waals surface area contributed by atoms with Gasteiger partial charge >= 0.3 is 0 Å². The molecule has 154 valence electrons. The van der Waals surface area contributed by atoms with E-state index in [0.717, 1.165) is 77.9 Å². The minimum absolute atomic E-state index is 0.112. The van der Waals surface area contributed by atoms with Gasteiger partial charge < -0.3 is 14.5 Å². The zero-order valence-electron chi connectivity index (χ0n) is 17.0. The van der Waals surface area contributed by atoms with Crippen LogP contribution in [0.5, 0.6) is 0 Å². The lowest BCUT2D eigenvalue weighted by molar-refractivity contribution is -0.141. The number of likely N-dealkylation sites (N-methyl/N-ethyl adjacent to an activating group) is 1. The van der Waals surface area contributed by atoms with Crippen molar-refractivity contribution in [2.24, 2.45) is 5.92 Å². The van der Waals surface area contributed by atoms with Crippen LogP contribution in [0, 0.1) is 5.92 Å². The molecule has 6 heteroatoms. The third-order valence-electron chi connectivity index (χ3n) is 6.31. The van der Waals surface area contributed by atoms with Gasteiger partial charge in [-0.2, -0.15) is 0 Å². The van der Waals surface area contributed by atoms with Crippen LogP contribution in [0.3, 0.4) is 0 Å². The second kappa shape index (κ2) is 10.4. The average molecular weight is 380 g/mol. The lowest BCUT2D eigenvalue weighted by atomic mass is 9.95. The van der Waals surface area contributed by atoms with Crippen molar-refractivity contribution in [1.82, 2.24) is 14.7 Å². The Hall–Kier alpha value is -1.14.